The number of anilines is 1. The number of carbonyl (C=O) groups is 1. The number of halogens is 3. The number of pyridine rings is 1. The molecule has 0 atom stereocenters. The number of hydrogen-bond donors (Lipinski definition) is 1. The number of benzene rings is 1. The number of aromatic nitrogens is 1. The predicted molar refractivity (Wildman–Crippen MR) is 90.1 cm³/mol. The van der Waals surface area contributed by atoms with Gasteiger partial charge in [-0.2, -0.15) is 13.2 Å². The molecule has 1 N–H and O–H groups in total. The molecule has 1 fully saturated rings. The highest BCUT2D eigenvalue weighted by Gasteiger charge is 2.33. The Balaban J connectivity index is 1.51. The average molecular weight is 365 g/mol. The summed E-state index contributed by atoms with van der Waals surface area (Å²) < 4.78 is 43.4. The van der Waals surface area contributed by atoms with Crippen LogP contribution in [0, 0.1) is 0 Å². The van der Waals surface area contributed by atoms with Gasteiger partial charge < -0.3 is 15.0 Å². The first-order valence-corrected chi connectivity index (χ1v) is 8.05. The van der Waals surface area contributed by atoms with Gasteiger partial charge in [0.25, 0.3) is 0 Å². The fourth-order valence-corrected chi connectivity index (χ4v) is 2.77. The minimum Gasteiger partial charge on any atom is -0.497 e. The van der Waals surface area contributed by atoms with E-state index >= 15 is 0 Å². The largest absolute Gasteiger partial charge is 0.497 e. The van der Waals surface area contributed by atoms with E-state index in [9.17, 15) is 18.0 Å². The molecule has 138 valence electrons. The van der Waals surface area contributed by atoms with Gasteiger partial charge in [-0.1, -0.05) is 12.1 Å². The molecule has 0 aliphatic carbocycles. The minimum absolute atomic E-state index is 0.107. The van der Waals surface area contributed by atoms with Gasteiger partial charge in [0.15, 0.2) is 0 Å². The van der Waals surface area contributed by atoms with Crippen LogP contribution in [0.15, 0.2) is 42.6 Å². The monoisotopic (exact) mass is 365 g/mol. The maximum Gasteiger partial charge on any atom is 0.416 e. The standard InChI is InChI=1S/C18H18F3N3O2/c1-26-15-4-2-3-12(7-15)8-17(25)23-14-10-24(11-14)16-9-13(5-6-22-16)18(19,20)21/h2-7,9,14H,8,10-11H2,1H3,(H,23,25). The van der Waals surface area contributed by atoms with E-state index < -0.39 is 11.7 Å². The lowest BCUT2D eigenvalue weighted by Gasteiger charge is -2.40. The number of alkyl halides is 3. The van der Waals surface area contributed by atoms with E-state index in [1.807, 2.05) is 12.1 Å². The van der Waals surface area contributed by atoms with Gasteiger partial charge >= 0.3 is 6.18 Å². The summed E-state index contributed by atoms with van der Waals surface area (Å²) in [4.78, 5) is 17.8. The fraction of sp³-hybridized carbons (Fsp3) is 0.333. The smallest absolute Gasteiger partial charge is 0.416 e. The zero-order valence-electron chi connectivity index (χ0n) is 14.1. The summed E-state index contributed by atoms with van der Waals surface area (Å²) in [6, 6.07) is 9.09. The van der Waals surface area contributed by atoms with Crippen LogP contribution in [0.25, 0.3) is 0 Å². The van der Waals surface area contributed by atoms with Crippen molar-refractivity contribution < 1.29 is 22.7 Å². The molecule has 26 heavy (non-hydrogen) atoms. The first-order valence-electron chi connectivity index (χ1n) is 8.05. The Morgan fingerprint density at radius 1 is 1.31 bits per heavy atom. The molecule has 1 aliphatic rings. The van der Waals surface area contributed by atoms with Crippen molar-refractivity contribution in [2.24, 2.45) is 0 Å². The van der Waals surface area contributed by atoms with Crippen molar-refractivity contribution in [2.45, 2.75) is 18.6 Å². The van der Waals surface area contributed by atoms with E-state index in [1.165, 1.54) is 0 Å². The quantitative estimate of drug-likeness (QED) is 0.885. The molecule has 1 amide bonds. The first-order chi connectivity index (χ1) is 12.3. The Labute approximate surface area is 148 Å². The predicted octanol–water partition coefficient (Wildman–Crippen LogP) is 2.66. The zero-order chi connectivity index (χ0) is 18.7. The summed E-state index contributed by atoms with van der Waals surface area (Å²) in [7, 11) is 1.56. The molecular weight excluding hydrogens is 347 g/mol. The van der Waals surface area contributed by atoms with Crippen LogP contribution in [-0.2, 0) is 17.4 Å². The Kier molecular flexibility index (Phi) is 5.01. The van der Waals surface area contributed by atoms with Gasteiger partial charge in [0.2, 0.25) is 5.91 Å². The summed E-state index contributed by atoms with van der Waals surface area (Å²) in [6.45, 7) is 0.857. The van der Waals surface area contributed by atoms with E-state index in [1.54, 1.807) is 24.1 Å². The van der Waals surface area contributed by atoms with E-state index in [2.05, 4.69) is 10.3 Å². The Hall–Kier alpha value is -2.77. The summed E-state index contributed by atoms with van der Waals surface area (Å²) >= 11 is 0. The van der Waals surface area contributed by atoms with Gasteiger partial charge in [-0.25, -0.2) is 4.98 Å². The molecule has 1 aromatic carbocycles. The highest BCUT2D eigenvalue weighted by molar-refractivity contribution is 5.79. The minimum atomic E-state index is -4.40. The maximum absolute atomic E-state index is 12.8. The second-order valence-electron chi connectivity index (χ2n) is 6.10. The van der Waals surface area contributed by atoms with Gasteiger partial charge in [0.05, 0.1) is 25.1 Å². The summed E-state index contributed by atoms with van der Waals surface area (Å²) in [5.74, 6) is 0.804. The lowest BCUT2D eigenvalue weighted by Crippen LogP contribution is -2.60. The van der Waals surface area contributed by atoms with Crippen LogP contribution in [0.3, 0.4) is 0 Å². The van der Waals surface area contributed by atoms with Crippen molar-refractivity contribution in [1.29, 1.82) is 0 Å². The number of hydrogen-bond acceptors (Lipinski definition) is 4. The van der Waals surface area contributed by atoms with E-state index in [0.29, 0.717) is 18.8 Å². The molecule has 8 heteroatoms. The highest BCUT2D eigenvalue weighted by Crippen LogP contribution is 2.31. The van der Waals surface area contributed by atoms with Crippen LogP contribution < -0.4 is 15.0 Å². The molecule has 1 aliphatic heterocycles. The third-order valence-corrected chi connectivity index (χ3v) is 4.14. The SMILES string of the molecule is COc1cccc(CC(=O)NC2CN(c3cc(C(F)(F)F)ccn3)C2)c1. The average Bonchev–Trinajstić information content (AvgIpc) is 2.57. The van der Waals surface area contributed by atoms with Crippen LogP contribution in [0.5, 0.6) is 5.75 Å². The van der Waals surface area contributed by atoms with Gasteiger partial charge in [0.1, 0.15) is 11.6 Å². The molecule has 0 unspecified atom stereocenters. The molecule has 1 saturated heterocycles. The van der Waals surface area contributed by atoms with E-state index in [0.717, 1.165) is 23.9 Å². The van der Waals surface area contributed by atoms with Crippen LogP contribution in [0.2, 0.25) is 0 Å². The van der Waals surface area contributed by atoms with Crippen molar-refractivity contribution in [1.82, 2.24) is 10.3 Å². The molecule has 0 radical (unpaired) electrons. The van der Waals surface area contributed by atoms with Crippen molar-refractivity contribution in [2.75, 3.05) is 25.1 Å². The number of amides is 1. The molecule has 1 aromatic heterocycles. The molecule has 0 saturated carbocycles. The van der Waals surface area contributed by atoms with Gasteiger partial charge in [-0.3, -0.25) is 4.79 Å². The number of nitrogens with one attached hydrogen (secondary N) is 1. The summed E-state index contributed by atoms with van der Waals surface area (Å²) in [5.41, 5.74) is 0.102. The van der Waals surface area contributed by atoms with Gasteiger partial charge in [-0.05, 0) is 29.8 Å². The second-order valence-corrected chi connectivity index (χ2v) is 6.10. The van der Waals surface area contributed by atoms with Gasteiger partial charge in [-0.15, -0.1) is 0 Å². The number of rotatable bonds is 5. The molecule has 2 heterocycles. The Morgan fingerprint density at radius 2 is 2.08 bits per heavy atom. The van der Waals surface area contributed by atoms with Crippen LogP contribution in [-0.4, -0.2) is 37.1 Å². The van der Waals surface area contributed by atoms with Crippen LogP contribution in [0.4, 0.5) is 19.0 Å². The fourth-order valence-electron chi connectivity index (χ4n) is 2.77. The topological polar surface area (TPSA) is 54.5 Å². The number of methoxy groups -OCH3 is 1. The van der Waals surface area contributed by atoms with E-state index in [4.69, 9.17) is 4.74 Å². The summed E-state index contributed by atoms with van der Waals surface area (Å²) in [5, 5.41) is 2.88. The van der Waals surface area contributed by atoms with Crippen molar-refractivity contribution in [3.05, 3.63) is 53.7 Å². The van der Waals surface area contributed by atoms with E-state index in [-0.39, 0.29) is 24.2 Å². The molecular formula is C18H18F3N3O2. The first kappa shape index (κ1) is 18.0. The van der Waals surface area contributed by atoms with Crippen molar-refractivity contribution in [3.63, 3.8) is 0 Å². The van der Waals surface area contributed by atoms with Crippen LogP contribution >= 0.6 is 0 Å². The number of carbonyl (C=O) groups excluding carboxylic acids is 1. The van der Waals surface area contributed by atoms with Crippen LogP contribution in [0.1, 0.15) is 11.1 Å². The molecule has 0 spiro atoms. The maximum atomic E-state index is 12.8. The molecule has 2 aromatic rings. The Morgan fingerprint density at radius 3 is 2.77 bits per heavy atom. The van der Waals surface area contributed by atoms with Crippen molar-refractivity contribution in [3.8, 4) is 5.75 Å². The Bertz CT molecular complexity index is 789. The highest BCUT2D eigenvalue weighted by atomic mass is 19.4. The molecule has 0 bridgehead atoms. The molecule has 3 rings (SSSR count). The number of ether oxygens (including phenoxy) is 1. The number of nitrogens with zero attached hydrogens (tertiary/aromatic N) is 2. The summed E-state index contributed by atoms with van der Waals surface area (Å²) in [6.07, 6.45) is -3.03. The third-order valence-electron chi connectivity index (χ3n) is 4.14. The lowest BCUT2D eigenvalue weighted by atomic mass is 10.1. The molecule has 5 nitrogen and oxygen atoms in total. The van der Waals surface area contributed by atoms with Gasteiger partial charge in [0, 0.05) is 19.3 Å². The zero-order valence-corrected chi connectivity index (χ0v) is 14.1. The van der Waals surface area contributed by atoms with Crippen molar-refractivity contribution >= 4 is 11.7 Å². The lowest BCUT2D eigenvalue weighted by molar-refractivity contribution is -0.137. The third kappa shape index (κ3) is 4.25. The normalized spacial score (nSPS) is 14.7. The second kappa shape index (κ2) is 7.23.